The Labute approximate surface area is 114 Å². The van der Waals surface area contributed by atoms with Gasteiger partial charge in [0.15, 0.2) is 0 Å². The molecule has 1 heterocycles. The number of rotatable bonds is 6. The van der Waals surface area contributed by atoms with E-state index >= 15 is 0 Å². The van der Waals surface area contributed by atoms with Gasteiger partial charge in [0.2, 0.25) is 10.0 Å². The highest BCUT2D eigenvalue weighted by Gasteiger charge is 2.17. The standard InChI is InChI=1S/C11H23N5O2S/c1-8(2)10-9(12)11(16(5)14-10)13-6-7-19(17,18)15(3)4/h8,13H,6-7,12H2,1-5H3. The smallest absolute Gasteiger partial charge is 0.215 e. The monoisotopic (exact) mass is 289 g/mol. The van der Waals surface area contributed by atoms with E-state index < -0.39 is 10.0 Å². The number of hydrogen-bond donors (Lipinski definition) is 2. The van der Waals surface area contributed by atoms with Crippen LogP contribution in [-0.4, -0.2) is 48.9 Å². The average molecular weight is 289 g/mol. The molecule has 3 N–H and O–H groups in total. The van der Waals surface area contributed by atoms with Gasteiger partial charge in [-0.1, -0.05) is 13.8 Å². The Morgan fingerprint density at radius 2 is 2.00 bits per heavy atom. The van der Waals surface area contributed by atoms with Crippen LogP contribution in [0.3, 0.4) is 0 Å². The molecule has 0 spiro atoms. The summed E-state index contributed by atoms with van der Waals surface area (Å²) in [5, 5.41) is 7.37. The first-order valence-corrected chi connectivity index (χ1v) is 7.74. The Morgan fingerprint density at radius 3 is 2.42 bits per heavy atom. The van der Waals surface area contributed by atoms with E-state index in [1.54, 1.807) is 11.7 Å². The van der Waals surface area contributed by atoms with Crippen LogP contribution in [0.5, 0.6) is 0 Å². The zero-order valence-corrected chi connectivity index (χ0v) is 13.0. The van der Waals surface area contributed by atoms with Crippen LogP contribution in [0.15, 0.2) is 0 Å². The summed E-state index contributed by atoms with van der Waals surface area (Å²) >= 11 is 0. The fraction of sp³-hybridized carbons (Fsp3) is 0.727. The molecule has 0 aliphatic carbocycles. The summed E-state index contributed by atoms with van der Waals surface area (Å²) < 4.78 is 26.1. The van der Waals surface area contributed by atoms with Gasteiger partial charge in [0.25, 0.3) is 0 Å². The minimum atomic E-state index is -3.20. The topological polar surface area (TPSA) is 93.2 Å². The summed E-state index contributed by atoms with van der Waals surface area (Å²) in [5.41, 5.74) is 7.41. The van der Waals surface area contributed by atoms with E-state index in [-0.39, 0.29) is 11.7 Å². The fourth-order valence-corrected chi connectivity index (χ4v) is 2.40. The Morgan fingerprint density at radius 1 is 1.42 bits per heavy atom. The van der Waals surface area contributed by atoms with Crippen molar-refractivity contribution in [3.8, 4) is 0 Å². The molecular formula is C11H23N5O2S. The van der Waals surface area contributed by atoms with Crippen molar-refractivity contribution in [2.75, 3.05) is 37.4 Å². The molecule has 0 amide bonds. The van der Waals surface area contributed by atoms with Gasteiger partial charge in [0, 0.05) is 27.7 Å². The van der Waals surface area contributed by atoms with Crippen molar-refractivity contribution in [2.45, 2.75) is 19.8 Å². The van der Waals surface area contributed by atoms with Crippen molar-refractivity contribution in [1.29, 1.82) is 0 Å². The maximum absolute atomic E-state index is 11.6. The average Bonchev–Trinajstić information content (AvgIpc) is 2.56. The number of nitrogens with zero attached hydrogens (tertiary/aromatic N) is 3. The number of aryl methyl sites for hydroxylation is 1. The molecule has 0 atom stereocenters. The van der Waals surface area contributed by atoms with E-state index in [2.05, 4.69) is 10.4 Å². The van der Waals surface area contributed by atoms with E-state index in [9.17, 15) is 8.42 Å². The molecular weight excluding hydrogens is 266 g/mol. The first-order chi connectivity index (χ1) is 8.66. The first kappa shape index (κ1) is 15.8. The number of aromatic nitrogens is 2. The Kier molecular flexibility index (Phi) is 4.81. The lowest BCUT2D eigenvalue weighted by molar-refractivity contribution is 0.521. The molecule has 8 heteroatoms. The van der Waals surface area contributed by atoms with E-state index in [0.29, 0.717) is 18.1 Å². The highest BCUT2D eigenvalue weighted by Crippen LogP contribution is 2.27. The quantitative estimate of drug-likeness (QED) is 0.792. The zero-order valence-electron chi connectivity index (χ0n) is 12.1. The lowest BCUT2D eigenvalue weighted by Gasteiger charge is -2.12. The van der Waals surface area contributed by atoms with Crippen LogP contribution in [0.25, 0.3) is 0 Å². The summed E-state index contributed by atoms with van der Waals surface area (Å²) in [6, 6.07) is 0. The van der Waals surface area contributed by atoms with Gasteiger partial charge in [-0.3, -0.25) is 4.68 Å². The summed E-state index contributed by atoms with van der Waals surface area (Å²) in [6.07, 6.45) is 0. The Balaban J connectivity index is 2.75. The second kappa shape index (κ2) is 5.79. The van der Waals surface area contributed by atoms with Crippen molar-refractivity contribution in [2.24, 2.45) is 7.05 Å². The highest BCUT2D eigenvalue weighted by molar-refractivity contribution is 7.89. The second-order valence-electron chi connectivity index (χ2n) is 4.95. The number of nitrogens with one attached hydrogen (secondary N) is 1. The van der Waals surface area contributed by atoms with E-state index in [1.807, 2.05) is 13.8 Å². The van der Waals surface area contributed by atoms with Crippen molar-refractivity contribution in [3.05, 3.63) is 5.69 Å². The minimum Gasteiger partial charge on any atom is -0.394 e. The molecule has 1 aromatic rings. The lowest BCUT2D eigenvalue weighted by Crippen LogP contribution is -2.28. The SMILES string of the molecule is CC(C)c1nn(C)c(NCCS(=O)(=O)N(C)C)c1N. The Bertz CT molecular complexity index is 534. The van der Waals surface area contributed by atoms with Gasteiger partial charge in [0.05, 0.1) is 17.1 Å². The molecule has 0 unspecified atom stereocenters. The van der Waals surface area contributed by atoms with Gasteiger partial charge in [-0.2, -0.15) is 5.10 Å². The first-order valence-electron chi connectivity index (χ1n) is 6.13. The molecule has 0 saturated heterocycles. The second-order valence-corrected chi connectivity index (χ2v) is 7.25. The number of anilines is 2. The van der Waals surface area contributed by atoms with Crippen molar-refractivity contribution < 1.29 is 8.42 Å². The molecule has 0 aromatic carbocycles. The third-order valence-electron chi connectivity index (χ3n) is 2.87. The van der Waals surface area contributed by atoms with E-state index in [0.717, 1.165) is 5.69 Å². The van der Waals surface area contributed by atoms with Gasteiger partial charge in [-0.15, -0.1) is 0 Å². The van der Waals surface area contributed by atoms with Crippen LogP contribution in [0.1, 0.15) is 25.5 Å². The van der Waals surface area contributed by atoms with Crippen LogP contribution in [-0.2, 0) is 17.1 Å². The molecule has 0 aliphatic heterocycles. The molecule has 19 heavy (non-hydrogen) atoms. The van der Waals surface area contributed by atoms with Crippen molar-refractivity contribution in [1.82, 2.24) is 14.1 Å². The molecule has 0 radical (unpaired) electrons. The van der Waals surface area contributed by atoms with Crippen LogP contribution < -0.4 is 11.1 Å². The van der Waals surface area contributed by atoms with Crippen molar-refractivity contribution in [3.63, 3.8) is 0 Å². The van der Waals surface area contributed by atoms with Crippen LogP contribution >= 0.6 is 0 Å². The molecule has 110 valence electrons. The Hall–Kier alpha value is -1.28. The number of nitrogens with two attached hydrogens (primary N) is 1. The van der Waals surface area contributed by atoms with Crippen molar-refractivity contribution >= 4 is 21.5 Å². The predicted molar refractivity (Wildman–Crippen MR) is 77.7 cm³/mol. The van der Waals surface area contributed by atoms with Crippen LogP contribution in [0, 0.1) is 0 Å². The van der Waals surface area contributed by atoms with Crippen LogP contribution in [0.2, 0.25) is 0 Å². The van der Waals surface area contributed by atoms with E-state index in [4.69, 9.17) is 5.73 Å². The third kappa shape index (κ3) is 3.60. The maximum Gasteiger partial charge on any atom is 0.215 e. The maximum atomic E-state index is 11.6. The molecule has 0 fully saturated rings. The third-order valence-corrected chi connectivity index (χ3v) is 4.70. The van der Waals surface area contributed by atoms with Gasteiger partial charge < -0.3 is 11.1 Å². The summed E-state index contributed by atoms with van der Waals surface area (Å²) in [6.45, 7) is 4.32. The number of sulfonamides is 1. The zero-order chi connectivity index (χ0) is 14.8. The van der Waals surface area contributed by atoms with Gasteiger partial charge in [-0.05, 0) is 5.92 Å². The predicted octanol–water partition coefficient (Wildman–Crippen LogP) is 0.429. The van der Waals surface area contributed by atoms with Crippen LogP contribution in [0.4, 0.5) is 11.5 Å². The lowest BCUT2D eigenvalue weighted by atomic mass is 10.1. The fourth-order valence-electron chi connectivity index (χ4n) is 1.68. The van der Waals surface area contributed by atoms with Gasteiger partial charge >= 0.3 is 0 Å². The number of nitrogen functional groups attached to an aromatic ring is 1. The molecule has 0 saturated carbocycles. The van der Waals surface area contributed by atoms with E-state index in [1.165, 1.54) is 18.4 Å². The largest absolute Gasteiger partial charge is 0.394 e. The summed E-state index contributed by atoms with van der Waals surface area (Å²) in [5.74, 6) is 0.909. The molecule has 1 aromatic heterocycles. The minimum absolute atomic E-state index is 0.0155. The molecule has 7 nitrogen and oxygen atoms in total. The molecule has 0 aliphatic rings. The normalized spacial score (nSPS) is 12.4. The van der Waals surface area contributed by atoms with Gasteiger partial charge in [0.1, 0.15) is 5.82 Å². The molecule has 1 rings (SSSR count). The summed E-state index contributed by atoms with van der Waals surface area (Å²) in [7, 11) is 1.62. The highest BCUT2D eigenvalue weighted by atomic mass is 32.2. The summed E-state index contributed by atoms with van der Waals surface area (Å²) in [4.78, 5) is 0. The molecule has 0 bridgehead atoms. The van der Waals surface area contributed by atoms with Gasteiger partial charge in [-0.25, -0.2) is 12.7 Å². The number of hydrogen-bond acceptors (Lipinski definition) is 5.